The van der Waals surface area contributed by atoms with E-state index in [1.54, 1.807) is 24.7 Å². The summed E-state index contributed by atoms with van der Waals surface area (Å²) in [5, 5.41) is 15.9. The molecule has 2 saturated heterocycles. The van der Waals surface area contributed by atoms with Crippen molar-refractivity contribution in [2.24, 2.45) is 0 Å². The lowest BCUT2D eigenvalue weighted by Gasteiger charge is -2.43. The molecule has 3 heterocycles. The van der Waals surface area contributed by atoms with Crippen LogP contribution in [0.5, 0.6) is 5.75 Å². The topological polar surface area (TPSA) is 126 Å². The average Bonchev–Trinajstić information content (AvgIpc) is 3.03. The first kappa shape index (κ1) is 34.5. The van der Waals surface area contributed by atoms with Crippen LogP contribution in [0.1, 0.15) is 12.8 Å². The molecular weight excluding hydrogens is 639 g/mol. The zero-order valence-electron chi connectivity index (χ0n) is 25.6. The second kappa shape index (κ2) is 15.8. The van der Waals surface area contributed by atoms with E-state index >= 15 is 0 Å². The summed E-state index contributed by atoms with van der Waals surface area (Å²) in [5.41, 5.74) is 3.27. The number of halogens is 2. The highest BCUT2D eigenvalue weighted by Gasteiger charge is 2.28. The van der Waals surface area contributed by atoms with Crippen molar-refractivity contribution in [2.75, 3.05) is 86.1 Å². The van der Waals surface area contributed by atoms with Crippen LogP contribution in [-0.4, -0.2) is 107 Å². The summed E-state index contributed by atoms with van der Waals surface area (Å²) in [6.45, 7) is 5.44. The van der Waals surface area contributed by atoms with E-state index < -0.39 is 17.0 Å². The van der Waals surface area contributed by atoms with E-state index in [2.05, 4.69) is 36.5 Å². The standard InChI is InChI=1S/C30H39ClN8O4S.ClH/c1-36(44(3)42)26-7-5-4-6-24(26)33-29-23(31)19-32-30(35-29)34-25-9-8-22(18-27(25)43-2)38-12-10-21(11-13-38)39-16-14-37(15-17-39)20-28(40)41;/h4-9,18-19,21H,10-17,20H2,1-3H3,(H,40,41)(H2,32,33,34,35);1H. The molecule has 0 radical (unpaired) electrons. The molecule has 45 heavy (non-hydrogen) atoms. The highest BCUT2D eigenvalue weighted by molar-refractivity contribution is 7.85. The predicted molar refractivity (Wildman–Crippen MR) is 184 cm³/mol. The maximum Gasteiger partial charge on any atom is 0.317 e. The number of nitrogens with one attached hydrogen (secondary N) is 2. The third-order valence-corrected chi connectivity index (χ3v) is 9.41. The highest BCUT2D eigenvalue weighted by Crippen LogP contribution is 2.35. The van der Waals surface area contributed by atoms with Gasteiger partial charge in [0.1, 0.15) is 21.8 Å². The minimum absolute atomic E-state index is 0. The van der Waals surface area contributed by atoms with Crippen LogP contribution in [0.15, 0.2) is 48.7 Å². The molecule has 0 aliphatic carbocycles. The highest BCUT2D eigenvalue weighted by atomic mass is 35.5. The minimum atomic E-state index is -1.20. The maximum absolute atomic E-state index is 12.1. The molecule has 5 rings (SSSR count). The number of ether oxygens (including phenoxy) is 1. The van der Waals surface area contributed by atoms with Gasteiger partial charge in [0.25, 0.3) is 0 Å². The van der Waals surface area contributed by atoms with E-state index in [-0.39, 0.29) is 19.0 Å². The Kier molecular flexibility index (Phi) is 12.1. The van der Waals surface area contributed by atoms with Gasteiger partial charge in [-0.3, -0.25) is 18.9 Å². The van der Waals surface area contributed by atoms with E-state index in [0.29, 0.717) is 34.3 Å². The van der Waals surface area contributed by atoms with Crippen LogP contribution in [0, 0.1) is 0 Å². The summed E-state index contributed by atoms with van der Waals surface area (Å²) in [4.78, 5) is 26.9. The van der Waals surface area contributed by atoms with Crippen molar-refractivity contribution in [3.8, 4) is 5.75 Å². The number of hydrogen-bond donors (Lipinski definition) is 3. The van der Waals surface area contributed by atoms with Crippen molar-refractivity contribution < 1.29 is 18.8 Å². The second-order valence-electron chi connectivity index (χ2n) is 10.9. The second-order valence-corrected chi connectivity index (χ2v) is 12.7. The number of carboxylic acid groups (broad SMARTS) is 1. The number of piperidine rings is 1. The number of hydrogen-bond acceptors (Lipinski definition) is 10. The monoisotopic (exact) mass is 678 g/mol. The number of aliphatic carboxylic acids is 1. The molecule has 0 bridgehead atoms. The van der Waals surface area contributed by atoms with Crippen molar-refractivity contribution in [3.63, 3.8) is 0 Å². The fourth-order valence-electron chi connectivity index (χ4n) is 5.70. The summed E-state index contributed by atoms with van der Waals surface area (Å²) >= 11 is 6.45. The Labute approximate surface area is 277 Å². The first-order valence-electron chi connectivity index (χ1n) is 14.6. The Morgan fingerprint density at radius 1 is 1.09 bits per heavy atom. The molecule has 1 aromatic heterocycles. The molecule has 15 heteroatoms. The van der Waals surface area contributed by atoms with Crippen molar-refractivity contribution in [1.82, 2.24) is 19.8 Å². The number of carboxylic acids is 1. The Balaban J connectivity index is 0.00000461. The molecule has 2 aliphatic heterocycles. The molecule has 1 atom stereocenters. The number of para-hydroxylation sites is 2. The van der Waals surface area contributed by atoms with Gasteiger partial charge in [-0.25, -0.2) is 9.19 Å². The smallest absolute Gasteiger partial charge is 0.317 e. The lowest BCUT2D eigenvalue weighted by molar-refractivity contribution is -0.138. The van der Waals surface area contributed by atoms with Crippen molar-refractivity contribution in [3.05, 3.63) is 53.7 Å². The van der Waals surface area contributed by atoms with Gasteiger partial charge in [-0.2, -0.15) is 4.98 Å². The first-order chi connectivity index (χ1) is 21.2. The molecule has 3 aromatic rings. The molecule has 2 fully saturated rings. The van der Waals surface area contributed by atoms with E-state index in [0.717, 1.165) is 69.2 Å². The van der Waals surface area contributed by atoms with E-state index in [1.807, 2.05) is 41.3 Å². The minimum Gasteiger partial charge on any atom is -0.494 e. The lowest BCUT2D eigenvalue weighted by atomic mass is 10.0. The number of piperazine rings is 1. The van der Waals surface area contributed by atoms with Gasteiger partial charge in [0.15, 0.2) is 5.82 Å². The van der Waals surface area contributed by atoms with Gasteiger partial charge in [-0.15, -0.1) is 12.4 Å². The fourth-order valence-corrected chi connectivity index (χ4v) is 6.28. The summed E-state index contributed by atoms with van der Waals surface area (Å²) < 4.78 is 19.5. The molecule has 244 valence electrons. The number of methoxy groups -OCH3 is 1. The van der Waals surface area contributed by atoms with Gasteiger partial charge >= 0.3 is 5.97 Å². The van der Waals surface area contributed by atoms with Gasteiger partial charge in [0.05, 0.1) is 36.9 Å². The molecule has 0 amide bonds. The number of rotatable bonds is 11. The Morgan fingerprint density at radius 2 is 1.80 bits per heavy atom. The fraction of sp³-hybridized carbons (Fsp3) is 0.433. The molecule has 1 unspecified atom stereocenters. The van der Waals surface area contributed by atoms with Crippen molar-refractivity contribution in [2.45, 2.75) is 18.9 Å². The van der Waals surface area contributed by atoms with Crippen LogP contribution < -0.4 is 24.6 Å². The molecule has 2 aromatic carbocycles. The molecular formula is C30H40Cl2N8O4S. The van der Waals surface area contributed by atoms with Gasteiger partial charge in [-0.1, -0.05) is 23.7 Å². The van der Waals surface area contributed by atoms with Crippen LogP contribution in [0.3, 0.4) is 0 Å². The summed E-state index contributed by atoms with van der Waals surface area (Å²) in [6, 6.07) is 14.1. The van der Waals surface area contributed by atoms with Crippen LogP contribution in [0.4, 0.5) is 34.5 Å². The third-order valence-electron chi connectivity index (χ3n) is 8.17. The maximum atomic E-state index is 12.1. The number of nitrogens with zero attached hydrogens (tertiary/aromatic N) is 6. The Bertz CT molecular complexity index is 1490. The number of anilines is 6. The average molecular weight is 680 g/mol. The van der Waals surface area contributed by atoms with Crippen LogP contribution in [0.25, 0.3) is 0 Å². The van der Waals surface area contributed by atoms with Gasteiger partial charge in [-0.05, 0) is 37.1 Å². The Morgan fingerprint density at radius 3 is 2.47 bits per heavy atom. The van der Waals surface area contributed by atoms with Crippen molar-refractivity contribution in [1.29, 1.82) is 0 Å². The molecule has 3 N–H and O–H groups in total. The SMILES string of the molecule is COc1cc(N2CCC(N3CCN(CC(=O)O)CC3)CC2)ccc1Nc1ncc(Cl)c(Nc2ccccc2N(C)S(C)=O)n1.Cl. The van der Waals surface area contributed by atoms with Crippen LogP contribution in [-0.2, 0) is 15.8 Å². The van der Waals surface area contributed by atoms with Crippen LogP contribution >= 0.6 is 24.0 Å². The third kappa shape index (κ3) is 8.67. The van der Waals surface area contributed by atoms with Gasteiger partial charge in [0, 0.05) is 70.4 Å². The quantitative estimate of drug-likeness (QED) is 0.266. The number of aromatic nitrogens is 2. The predicted octanol–water partition coefficient (Wildman–Crippen LogP) is 4.45. The first-order valence-corrected chi connectivity index (χ1v) is 16.4. The number of benzene rings is 2. The van der Waals surface area contributed by atoms with Crippen molar-refractivity contribution >= 4 is 75.5 Å². The zero-order valence-corrected chi connectivity index (χ0v) is 28.0. The number of carbonyl (C=O) groups is 1. The Hall–Kier alpha value is -3.36. The molecule has 0 saturated carbocycles. The van der Waals surface area contributed by atoms with Gasteiger partial charge in [0.2, 0.25) is 5.95 Å². The van der Waals surface area contributed by atoms with E-state index in [1.165, 1.54) is 6.20 Å². The van der Waals surface area contributed by atoms with E-state index in [4.69, 9.17) is 21.4 Å². The van der Waals surface area contributed by atoms with E-state index in [9.17, 15) is 9.00 Å². The van der Waals surface area contributed by atoms with Crippen LogP contribution in [0.2, 0.25) is 5.02 Å². The summed E-state index contributed by atoms with van der Waals surface area (Å²) in [5.74, 6) is 0.666. The molecule has 2 aliphatic rings. The largest absolute Gasteiger partial charge is 0.494 e. The molecule has 0 spiro atoms. The lowest BCUT2D eigenvalue weighted by Crippen LogP contribution is -2.53. The zero-order chi connectivity index (χ0) is 31.2. The summed E-state index contributed by atoms with van der Waals surface area (Å²) in [6.07, 6.45) is 5.26. The molecule has 12 nitrogen and oxygen atoms in total. The summed E-state index contributed by atoms with van der Waals surface area (Å²) in [7, 11) is 2.20. The van der Waals surface area contributed by atoms with Gasteiger partial charge < -0.3 is 25.4 Å². The normalized spacial score (nSPS) is 16.8.